The molecule has 2 atom stereocenters. The first-order chi connectivity index (χ1) is 16.5. The molecule has 0 unspecified atom stereocenters. The summed E-state index contributed by atoms with van der Waals surface area (Å²) in [7, 11) is 0. The van der Waals surface area contributed by atoms with E-state index in [0.717, 1.165) is 22.3 Å². The van der Waals surface area contributed by atoms with Crippen molar-refractivity contribution < 1.29 is 0 Å². The van der Waals surface area contributed by atoms with Gasteiger partial charge in [0.05, 0.1) is 17.8 Å². The first-order valence-electron chi connectivity index (χ1n) is 11.5. The number of hydrogen-bond donors (Lipinski definition) is 1. The van der Waals surface area contributed by atoms with Gasteiger partial charge in [-0.2, -0.15) is 0 Å². The number of thiocarbonyl (C=S) groups is 1. The lowest BCUT2D eigenvalue weighted by atomic mass is 9.96. The molecule has 0 aliphatic carbocycles. The Morgan fingerprint density at radius 3 is 2.44 bits per heavy atom. The van der Waals surface area contributed by atoms with Crippen LogP contribution in [0.5, 0.6) is 0 Å². The second-order valence-electron chi connectivity index (χ2n) is 8.62. The Kier molecular flexibility index (Phi) is 6.28. The smallest absolute Gasteiger partial charge is 0.174 e. The van der Waals surface area contributed by atoms with Gasteiger partial charge in [0.1, 0.15) is 0 Å². The van der Waals surface area contributed by atoms with Gasteiger partial charge >= 0.3 is 0 Å². The highest BCUT2D eigenvalue weighted by Gasteiger charge is 2.42. The first-order valence-corrected chi connectivity index (χ1v) is 12.7. The maximum atomic E-state index is 5.89. The van der Waals surface area contributed by atoms with Crippen LogP contribution in [0.15, 0.2) is 83.5 Å². The third kappa shape index (κ3) is 3.95. The molecule has 6 heteroatoms. The van der Waals surface area contributed by atoms with Crippen molar-refractivity contribution in [1.29, 1.82) is 0 Å². The number of benzene rings is 2. The molecule has 1 aliphatic rings. The molecule has 1 aliphatic heterocycles. The predicted octanol–water partition coefficient (Wildman–Crippen LogP) is 6.99. The molecule has 0 amide bonds. The lowest BCUT2D eigenvalue weighted by Gasteiger charge is -2.28. The minimum Gasteiger partial charge on any atom is -0.351 e. The molecule has 0 bridgehead atoms. The fourth-order valence-corrected chi connectivity index (χ4v) is 5.65. The molecule has 4 nitrogen and oxygen atoms in total. The standard InChI is InChI=1S/C28H27BrN4S/c1-4-20-9-5-6-11-25(20)32-18(2)17-23(19(32)3)27-26(24-10-7-8-16-30-24)31-28(34)33(27)22-14-12-21(29)13-15-22/h5-17,26-27H,4H2,1-3H3,(H,31,34)/t26-,27+/m0/s1. The van der Waals surface area contributed by atoms with Crippen LogP contribution in [0.4, 0.5) is 5.69 Å². The average molecular weight is 532 g/mol. The van der Waals surface area contributed by atoms with Crippen molar-refractivity contribution in [2.75, 3.05) is 4.90 Å². The summed E-state index contributed by atoms with van der Waals surface area (Å²) in [6, 6.07) is 25.3. The van der Waals surface area contributed by atoms with Crippen molar-refractivity contribution in [3.8, 4) is 5.69 Å². The van der Waals surface area contributed by atoms with E-state index in [-0.39, 0.29) is 12.1 Å². The van der Waals surface area contributed by atoms with Crippen LogP contribution in [0.2, 0.25) is 0 Å². The summed E-state index contributed by atoms with van der Waals surface area (Å²) in [5.41, 5.74) is 8.29. The lowest BCUT2D eigenvalue weighted by Crippen LogP contribution is -2.29. The van der Waals surface area contributed by atoms with E-state index in [0.29, 0.717) is 5.11 Å². The van der Waals surface area contributed by atoms with Crippen LogP contribution < -0.4 is 10.2 Å². The number of hydrogen-bond acceptors (Lipinski definition) is 2. The number of nitrogens with zero attached hydrogens (tertiary/aromatic N) is 3. The van der Waals surface area contributed by atoms with E-state index in [9.17, 15) is 0 Å². The molecular weight excluding hydrogens is 504 g/mol. The van der Waals surface area contributed by atoms with E-state index in [4.69, 9.17) is 17.2 Å². The van der Waals surface area contributed by atoms with Crippen molar-refractivity contribution in [1.82, 2.24) is 14.9 Å². The van der Waals surface area contributed by atoms with Crippen LogP contribution in [0, 0.1) is 13.8 Å². The van der Waals surface area contributed by atoms with E-state index < -0.39 is 0 Å². The molecule has 0 spiro atoms. The summed E-state index contributed by atoms with van der Waals surface area (Å²) in [5.74, 6) is 0. The Balaban J connectivity index is 1.69. The molecule has 34 heavy (non-hydrogen) atoms. The number of nitrogens with one attached hydrogen (secondary N) is 1. The summed E-state index contributed by atoms with van der Waals surface area (Å²) in [5, 5.41) is 4.28. The zero-order valence-corrected chi connectivity index (χ0v) is 21.9. The van der Waals surface area contributed by atoms with E-state index >= 15 is 0 Å². The van der Waals surface area contributed by atoms with Crippen LogP contribution in [-0.2, 0) is 6.42 Å². The van der Waals surface area contributed by atoms with E-state index in [1.165, 1.54) is 28.2 Å². The molecule has 172 valence electrons. The fraction of sp³-hybridized carbons (Fsp3) is 0.214. The Hall–Kier alpha value is -2.96. The van der Waals surface area contributed by atoms with Gasteiger partial charge in [-0.15, -0.1) is 0 Å². The molecule has 4 aromatic rings. The first kappa shape index (κ1) is 22.8. The molecule has 1 fully saturated rings. The summed E-state index contributed by atoms with van der Waals surface area (Å²) in [6.07, 6.45) is 2.83. The second-order valence-corrected chi connectivity index (χ2v) is 9.92. The molecular formula is C28H27BrN4S. The summed E-state index contributed by atoms with van der Waals surface area (Å²) in [4.78, 5) is 6.93. The Morgan fingerprint density at radius 2 is 1.74 bits per heavy atom. The average Bonchev–Trinajstić information content (AvgIpc) is 3.35. The lowest BCUT2D eigenvalue weighted by molar-refractivity contribution is 0.565. The van der Waals surface area contributed by atoms with Crippen LogP contribution in [0.3, 0.4) is 0 Å². The van der Waals surface area contributed by atoms with Crippen LogP contribution >= 0.6 is 28.1 Å². The largest absolute Gasteiger partial charge is 0.351 e. The van der Waals surface area contributed by atoms with Gasteiger partial charge in [0.25, 0.3) is 0 Å². The van der Waals surface area contributed by atoms with Gasteiger partial charge in [-0.1, -0.05) is 47.1 Å². The maximum Gasteiger partial charge on any atom is 0.174 e. The van der Waals surface area contributed by atoms with Gasteiger partial charge in [-0.05, 0) is 92.1 Å². The minimum absolute atomic E-state index is 0.0303. The second kappa shape index (κ2) is 9.35. The van der Waals surface area contributed by atoms with Gasteiger partial charge in [0, 0.05) is 33.4 Å². The quantitative estimate of drug-likeness (QED) is 0.282. The molecule has 5 rings (SSSR count). The molecule has 1 N–H and O–H groups in total. The van der Waals surface area contributed by atoms with Crippen molar-refractivity contribution in [2.24, 2.45) is 0 Å². The Morgan fingerprint density at radius 1 is 1.00 bits per heavy atom. The number of aryl methyl sites for hydroxylation is 2. The summed E-state index contributed by atoms with van der Waals surface area (Å²) in [6.45, 7) is 6.61. The van der Waals surface area contributed by atoms with Crippen molar-refractivity contribution >= 4 is 38.9 Å². The highest BCUT2D eigenvalue weighted by molar-refractivity contribution is 9.10. The number of para-hydroxylation sites is 1. The zero-order valence-electron chi connectivity index (χ0n) is 19.5. The van der Waals surface area contributed by atoms with Crippen molar-refractivity contribution in [2.45, 2.75) is 39.3 Å². The van der Waals surface area contributed by atoms with Gasteiger partial charge in [0.15, 0.2) is 5.11 Å². The summed E-state index contributed by atoms with van der Waals surface area (Å²) < 4.78 is 3.42. The minimum atomic E-state index is -0.0623. The topological polar surface area (TPSA) is 33.1 Å². The number of anilines is 1. The number of aromatic nitrogens is 2. The molecule has 2 aromatic heterocycles. The van der Waals surface area contributed by atoms with Crippen LogP contribution in [0.1, 0.15) is 47.2 Å². The van der Waals surface area contributed by atoms with E-state index in [1.807, 2.05) is 18.3 Å². The molecule has 3 heterocycles. The maximum absolute atomic E-state index is 5.89. The number of rotatable bonds is 5. The van der Waals surface area contributed by atoms with Crippen molar-refractivity contribution in [3.63, 3.8) is 0 Å². The third-order valence-electron chi connectivity index (χ3n) is 6.61. The summed E-state index contributed by atoms with van der Waals surface area (Å²) >= 11 is 9.46. The van der Waals surface area contributed by atoms with Gasteiger partial charge in [0.2, 0.25) is 0 Å². The number of halogens is 1. The molecule has 0 radical (unpaired) electrons. The van der Waals surface area contributed by atoms with Crippen LogP contribution in [0.25, 0.3) is 5.69 Å². The molecule has 2 aromatic carbocycles. The SMILES string of the molecule is CCc1ccccc1-n1c(C)cc([C@@H]2[C@H](c3ccccn3)NC(=S)N2c2ccc(Br)cc2)c1C. The van der Waals surface area contributed by atoms with E-state index in [2.05, 4.69) is 112 Å². The fourth-order valence-electron chi connectivity index (χ4n) is 5.04. The Labute approximate surface area is 214 Å². The number of pyridine rings is 1. The van der Waals surface area contributed by atoms with E-state index in [1.54, 1.807) is 0 Å². The predicted molar refractivity (Wildman–Crippen MR) is 147 cm³/mol. The van der Waals surface area contributed by atoms with Crippen LogP contribution in [-0.4, -0.2) is 14.7 Å². The molecule has 0 saturated carbocycles. The Bertz CT molecular complexity index is 1330. The van der Waals surface area contributed by atoms with Crippen molar-refractivity contribution in [3.05, 3.63) is 112 Å². The zero-order chi connectivity index (χ0) is 23.8. The highest BCUT2D eigenvalue weighted by Crippen LogP contribution is 2.44. The van der Waals surface area contributed by atoms with Gasteiger partial charge < -0.3 is 14.8 Å². The highest BCUT2D eigenvalue weighted by atomic mass is 79.9. The molecule has 1 saturated heterocycles. The van der Waals surface area contributed by atoms with Gasteiger partial charge in [-0.25, -0.2) is 0 Å². The monoisotopic (exact) mass is 530 g/mol. The normalized spacial score (nSPS) is 17.8. The van der Waals surface area contributed by atoms with Gasteiger partial charge in [-0.3, -0.25) is 4.98 Å². The third-order valence-corrected chi connectivity index (χ3v) is 7.45.